The predicted molar refractivity (Wildman–Crippen MR) is 162 cm³/mol. The van der Waals surface area contributed by atoms with Crippen molar-refractivity contribution < 1.29 is 47.5 Å². The summed E-state index contributed by atoms with van der Waals surface area (Å²) in [7, 11) is 5.67. The summed E-state index contributed by atoms with van der Waals surface area (Å²) < 4.78 is 38.1. The first kappa shape index (κ1) is 34.5. The second-order valence-corrected chi connectivity index (χ2v) is 9.32. The van der Waals surface area contributed by atoms with E-state index in [0.29, 0.717) is 41.6 Å². The fourth-order valence-electron chi connectivity index (χ4n) is 3.71. The van der Waals surface area contributed by atoms with E-state index in [1.165, 1.54) is 40.6 Å². The van der Waals surface area contributed by atoms with Crippen molar-refractivity contribution >= 4 is 30.1 Å². The molecule has 0 saturated heterocycles. The van der Waals surface area contributed by atoms with Gasteiger partial charge in [-0.05, 0) is 67.3 Å². The van der Waals surface area contributed by atoms with E-state index in [1.54, 1.807) is 55.5 Å². The molecule has 0 amide bonds. The molecular formula is C33H40O10. The van der Waals surface area contributed by atoms with Crippen LogP contribution in [-0.4, -0.2) is 59.2 Å². The molecule has 43 heavy (non-hydrogen) atoms. The van der Waals surface area contributed by atoms with Gasteiger partial charge >= 0.3 is 17.9 Å². The van der Waals surface area contributed by atoms with Gasteiger partial charge in [-0.25, -0.2) is 14.4 Å². The van der Waals surface area contributed by atoms with E-state index >= 15 is 0 Å². The number of unbranched alkanes of at least 4 members (excludes halogenated alkanes) is 3. The average molecular weight is 597 g/mol. The van der Waals surface area contributed by atoms with Gasteiger partial charge in [-0.3, -0.25) is 0 Å². The molecule has 2 aromatic carbocycles. The molecular weight excluding hydrogens is 556 g/mol. The van der Waals surface area contributed by atoms with Crippen LogP contribution in [0.4, 0.5) is 0 Å². The van der Waals surface area contributed by atoms with Crippen LogP contribution < -0.4 is 18.9 Å². The van der Waals surface area contributed by atoms with Crippen LogP contribution in [0.3, 0.4) is 0 Å². The topological polar surface area (TPSA) is 116 Å². The van der Waals surface area contributed by atoms with Crippen LogP contribution in [0.5, 0.6) is 23.0 Å². The van der Waals surface area contributed by atoms with Crippen molar-refractivity contribution in [2.24, 2.45) is 0 Å². The molecule has 0 aliphatic heterocycles. The fraction of sp³-hybridized carbons (Fsp3) is 0.364. The van der Waals surface area contributed by atoms with Crippen LogP contribution in [-0.2, 0) is 28.6 Å². The molecule has 0 bridgehead atoms. The molecule has 0 aliphatic carbocycles. The van der Waals surface area contributed by atoms with Crippen LogP contribution in [0.15, 0.2) is 60.7 Å². The summed E-state index contributed by atoms with van der Waals surface area (Å²) >= 11 is 0. The van der Waals surface area contributed by atoms with Gasteiger partial charge in [-0.1, -0.05) is 31.6 Å². The van der Waals surface area contributed by atoms with Gasteiger partial charge in [0.25, 0.3) is 0 Å². The first-order valence-electron chi connectivity index (χ1n) is 13.7. The summed E-state index contributed by atoms with van der Waals surface area (Å²) in [6.07, 6.45) is 8.89. The van der Waals surface area contributed by atoms with Crippen molar-refractivity contribution in [2.45, 2.75) is 45.3 Å². The third-order valence-electron chi connectivity index (χ3n) is 6.03. The highest BCUT2D eigenvalue weighted by atomic mass is 16.7. The standard InChI is InChI=1S/C33H40O10/c1-23(2)33(36)41-20-10-8-7-9-11-32(42-26-16-12-24(21-28(26)37-3)14-18-30(34)39-5)43-27-17-13-25(22-29(27)38-4)15-19-31(35)40-6/h12-19,21-22,32H,1,7-11,20H2,2-6H3/b18-14+,19-15+. The van der Waals surface area contributed by atoms with Crippen molar-refractivity contribution in [3.8, 4) is 23.0 Å². The number of hydrogen-bond donors (Lipinski definition) is 0. The second kappa shape index (κ2) is 18.7. The van der Waals surface area contributed by atoms with Gasteiger partial charge in [0, 0.05) is 24.1 Å². The van der Waals surface area contributed by atoms with E-state index in [0.717, 1.165) is 36.8 Å². The predicted octanol–water partition coefficient (Wildman–Crippen LogP) is 5.93. The van der Waals surface area contributed by atoms with Crippen molar-refractivity contribution in [1.82, 2.24) is 0 Å². The molecule has 0 radical (unpaired) electrons. The highest BCUT2D eigenvalue weighted by Gasteiger charge is 2.18. The number of methoxy groups -OCH3 is 4. The molecule has 0 aromatic heterocycles. The highest BCUT2D eigenvalue weighted by Crippen LogP contribution is 2.34. The van der Waals surface area contributed by atoms with E-state index in [9.17, 15) is 14.4 Å². The minimum absolute atomic E-state index is 0.337. The number of ether oxygens (including phenoxy) is 7. The molecule has 232 valence electrons. The van der Waals surface area contributed by atoms with E-state index in [1.807, 2.05) is 0 Å². The number of esters is 3. The molecule has 0 N–H and O–H groups in total. The maximum absolute atomic E-state index is 11.6. The molecule has 0 fully saturated rings. The van der Waals surface area contributed by atoms with E-state index in [-0.39, 0.29) is 5.97 Å². The Morgan fingerprint density at radius 1 is 0.721 bits per heavy atom. The van der Waals surface area contributed by atoms with E-state index < -0.39 is 18.2 Å². The SMILES string of the molecule is C=C(C)C(=O)OCCCCCCC(Oc1ccc(/C=C/C(=O)OC)cc1OC)Oc1ccc(/C=C/C(=O)OC)cc1OC. The minimum Gasteiger partial charge on any atom is -0.493 e. The van der Waals surface area contributed by atoms with Crippen molar-refractivity contribution in [3.63, 3.8) is 0 Å². The summed E-state index contributed by atoms with van der Waals surface area (Å²) in [4.78, 5) is 34.5. The smallest absolute Gasteiger partial charge is 0.333 e. The summed E-state index contributed by atoms with van der Waals surface area (Å²) in [5, 5.41) is 0. The Bertz CT molecular complexity index is 1220. The lowest BCUT2D eigenvalue weighted by molar-refractivity contribution is -0.139. The van der Waals surface area contributed by atoms with Gasteiger partial charge in [0.1, 0.15) is 0 Å². The van der Waals surface area contributed by atoms with Crippen molar-refractivity contribution in [3.05, 3.63) is 71.8 Å². The maximum atomic E-state index is 11.6. The lowest BCUT2D eigenvalue weighted by Gasteiger charge is -2.23. The largest absolute Gasteiger partial charge is 0.493 e. The Morgan fingerprint density at radius 3 is 1.65 bits per heavy atom. The Hall–Kier alpha value is -4.73. The Labute approximate surface area is 252 Å². The first-order valence-corrected chi connectivity index (χ1v) is 13.7. The third-order valence-corrected chi connectivity index (χ3v) is 6.03. The number of hydrogen-bond acceptors (Lipinski definition) is 10. The zero-order chi connectivity index (χ0) is 31.6. The van der Waals surface area contributed by atoms with Gasteiger partial charge in [0.2, 0.25) is 6.29 Å². The van der Waals surface area contributed by atoms with Crippen LogP contribution in [0.2, 0.25) is 0 Å². The minimum atomic E-state index is -0.711. The average Bonchev–Trinajstić information content (AvgIpc) is 3.02. The van der Waals surface area contributed by atoms with Gasteiger partial charge in [-0.15, -0.1) is 0 Å². The Kier molecular flexibility index (Phi) is 15.0. The van der Waals surface area contributed by atoms with Crippen LogP contribution in [0, 0.1) is 0 Å². The van der Waals surface area contributed by atoms with Crippen molar-refractivity contribution in [1.29, 1.82) is 0 Å². The fourth-order valence-corrected chi connectivity index (χ4v) is 3.71. The summed E-state index contributed by atoms with van der Waals surface area (Å²) in [5.74, 6) is 0.482. The molecule has 2 aromatic rings. The third kappa shape index (κ3) is 12.4. The molecule has 10 heteroatoms. The van der Waals surface area contributed by atoms with Crippen LogP contribution >= 0.6 is 0 Å². The summed E-state index contributed by atoms with van der Waals surface area (Å²) in [6, 6.07) is 10.5. The van der Waals surface area contributed by atoms with E-state index in [2.05, 4.69) is 16.1 Å². The zero-order valence-corrected chi connectivity index (χ0v) is 25.4. The molecule has 0 saturated carbocycles. The number of benzene rings is 2. The lowest BCUT2D eigenvalue weighted by atomic mass is 10.1. The first-order chi connectivity index (χ1) is 20.7. The van der Waals surface area contributed by atoms with Crippen molar-refractivity contribution in [2.75, 3.05) is 35.0 Å². The molecule has 2 rings (SSSR count). The normalized spacial score (nSPS) is 10.9. The lowest BCUT2D eigenvalue weighted by Crippen LogP contribution is -2.24. The molecule has 10 nitrogen and oxygen atoms in total. The number of carbonyl (C=O) groups excluding carboxylic acids is 3. The monoisotopic (exact) mass is 596 g/mol. The Morgan fingerprint density at radius 2 is 1.21 bits per heavy atom. The quantitative estimate of drug-likeness (QED) is 0.0674. The second-order valence-electron chi connectivity index (χ2n) is 9.32. The van der Waals surface area contributed by atoms with E-state index in [4.69, 9.17) is 23.7 Å². The van der Waals surface area contributed by atoms with Gasteiger partial charge in [0.15, 0.2) is 23.0 Å². The van der Waals surface area contributed by atoms with Gasteiger partial charge in [-0.2, -0.15) is 0 Å². The van der Waals surface area contributed by atoms with Crippen LogP contribution in [0.1, 0.15) is 50.2 Å². The zero-order valence-electron chi connectivity index (χ0n) is 25.4. The molecule has 0 atom stereocenters. The molecule has 0 spiro atoms. The summed E-state index contributed by atoms with van der Waals surface area (Å²) in [6.45, 7) is 5.54. The highest BCUT2D eigenvalue weighted by molar-refractivity contribution is 5.88. The molecule has 0 unspecified atom stereocenters. The molecule has 0 aliphatic rings. The van der Waals surface area contributed by atoms with Gasteiger partial charge in [0.05, 0.1) is 35.0 Å². The van der Waals surface area contributed by atoms with Crippen LogP contribution in [0.25, 0.3) is 12.2 Å². The Balaban J connectivity index is 2.18. The van der Waals surface area contributed by atoms with Gasteiger partial charge < -0.3 is 33.2 Å². The maximum Gasteiger partial charge on any atom is 0.333 e. The summed E-state index contributed by atoms with van der Waals surface area (Å²) in [5.41, 5.74) is 1.82. The number of rotatable bonds is 18. The molecule has 0 heterocycles. The number of carbonyl (C=O) groups is 3.